The van der Waals surface area contributed by atoms with Gasteiger partial charge in [-0.05, 0) is 12.0 Å². The number of aromatic nitrogens is 1. The maximum Gasteiger partial charge on any atom is 0.316 e. The lowest BCUT2D eigenvalue weighted by Crippen LogP contribution is -2.47. The third kappa shape index (κ3) is 4.75. The van der Waals surface area contributed by atoms with Gasteiger partial charge in [-0.25, -0.2) is 13.8 Å². The van der Waals surface area contributed by atoms with E-state index in [-0.39, 0.29) is 18.0 Å². The van der Waals surface area contributed by atoms with E-state index in [9.17, 15) is 23.2 Å². The van der Waals surface area contributed by atoms with E-state index in [0.717, 1.165) is 6.26 Å². The summed E-state index contributed by atoms with van der Waals surface area (Å²) in [6.45, 7) is 1.57. The van der Waals surface area contributed by atoms with Gasteiger partial charge in [0, 0.05) is 6.54 Å². The summed E-state index contributed by atoms with van der Waals surface area (Å²) < 4.78 is 34.5. The van der Waals surface area contributed by atoms with Gasteiger partial charge >= 0.3 is 5.91 Å². The van der Waals surface area contributed by atoms with Crippen LogP contribution in [0.4, 0.5) is 8.78 Å². The van der Waals surface area contributed by atoms with Crippen LogP contribution in [0.3, 0.4) is 0 Å². The summed E-state index contributed by atoms with van der Waals surface area (Å²) in [5, 5.41) is 0. The Balaban J connectivity index is 2.47. The SMILES string of the molecule is CCCN(C(=O)c1ncco1)C(=O)[C@H](c1ccccc1)C(F)(F)CC(N)=O. The third-order valence-corrected chi connectivity index (χ3v) is 3.79. The number of primary amides is 1. The number of oxazole rings is 1. The second kappa shape index (κ2) is 8.52. The van der Waals surface area contributed by atoms with Gasteiger partial charge < -0.3 is 10.2 Å². The molecule has 0 unspecified atom stereocenters. The van der Waals surface area contributed by atoms with Crippen LogP contribution in [0.2, 0.25) is 0 Å². The molecule has 0 aliphatic heterocycles. The van der Waals surface area contributed by atoms with Gasteiger partial charge in [-0.2, -0.15) is 0 Å². The van der Waals surface area contributed by atoms with Crippen LogP contribution in [0.25, 0.3) is 0 Å². The largest absolute Gasteiger partial charge is 0.441 e. The molecule has 0 aliphatic carbocycles. The standard InChI is InChI=1S/C18H19F2N3O4/c1-2-9-23(17(26)15-22-8-10-27-15)16(25)14(12-6-4-3-5-7-12)18(19,20)11-13(21)24/h3-8,10,14H,2,9,11H2,1H3,(H2,21,24)/t14-/m0/s1. The van der Waals surface area contributed by atoms with Crippen molar-refractivity contribution < 1.29 is 27.6 Å². The molecule has 1 aromatic heterocycles. The number of amides is 3. The van der Waals surface area contributed by atoms with Crippen molar-refractivity contribution in [3.63, 3.8) is 0 Å². The number of halogens is 2. The molecule has 27 heavy (non-hydrogen) atoms. The van der Waals surface area contributed by atoms with Crippen LogP contribution >= 0.6 is 0 Å². The van der Waals surface area contributed by atoms with Crippen molar-refractivity contribution in [1.29, 1.82) is 0 Å². The van der Waals surface area contributed by atoms with E-state index in [1.54, 1.807) is 13.0 Å². The number of alkyl halides is 2. The molecule has 7 nitrogen and oxygen atoms in total. The second-order valence-electron chi connectivity index (χ2n) is 5.88. The van der Waals surface area contributed by atoms with Gasteiger partial charge in [-0.15, -0.1) is 0 Å². The van der Waals surface area contributed by atoms with Gasteiger partial charge in [0.2, 0.25) is 11.8 Å². The zero-order chi connectivity index (χ0) is 20.0. The van der Waals surface area contributed by atoms with Crippen LogP contribution in [-0.2, 0) is 9.59 Å². The van der Waals surface area contributed by atoms with Crippen molar-refractivity contribution in [2.24, 2.45) is 5.73 Å². The third-order valence-electron chi connectivity index (χ3n) is 3.79. The summed E-state index contributed by atoms with van der Waals surface area (Å²) in [6.07, 6.45) is 1.35. The van der Waals surface area contributed by atoms with E-state index in [0.29, 0.717) is 11.3 Å². The summed E-state index contributed by atoms with van der Waals surface area (Å²) in [5.74, 6) is -9.57. The van der Waals surface area contributed by atoms with Gasteiger partial charge in [0.15, 0.2) is 0 Å². The fraction of sp³-hybridized carbons (Fsp3) is 0.333. The fourth-order valence-electron chi connectivity index (χ4n) is 2.68. The number of nitrogens with zero attached hydrogens (tertiary/aromatic N) is 2. The van der Waals surface area contributed by atoms with Crippen LogP contribution in [0.5, 0.6) is 0 Å². The fourth-order valence-corrected chi connectivity index (χ4v) is 2.68. The van der Waals surface area contributed by atoms with Crippen molar-refractivity contribution >= 4 is 17.7 Å². The van der Waals surface area contributed by atoms with Crippen LogP contribution in [0, 0.1) is 0 Å². The maximum atomic E-state index is 14.8. The van der Waals surface area contributed by atoms with Crippen molar-refractivity contribution in [3.8, 4) is 0 Å². The molecule has 9 heteroatoms. The summed E-state index contributed by atoms with van der Waals surface area (Å²) in [5.41, 5.74) is 4.90. The monoisotopic (exact) mass is 379 g/mol. The summed E-state index contributed by atoms with van der Waals surface area (Å²) in [7, 11) is 0. The summed E-state index contributed by atoms with van der Waals surface area (Å²) >= 11 is 0. The van der Waals surface area contributed by atoms with E-state index in [1.165, 1.54) is 30.5 Å². The maximum absolute atomic E-state index is 14.8. The molecule has 0 spiro atoms. The number of benzene rings is 1. The van der Waals surface area contributed by atoms with Crippen LogP contribution in [-0.4, -0.2) is 40.1 Å². The first-order valence-electron chi connectivity index (χ1n) is 8.24. The van der Waals surface area contributed by atoms with Gasteiger partial charge in [0.05, 0.1) is 12.6 Å². The molecule has 144 valence electrons. The molecule has 0 bridgehead atoms. The van der Waals surface area contributed by atoms with Gasteiger partial charge in [-0.1, -0.05) is 37.3 Å². The number of hydrogen-bond donors (Lipinski definition) is 1. The quantitative estimate of drug-likeness (QED) is 0.758. The highest BCUT2D eigenvalue weighted by molar-refractivity contribution is 6.04. The highest BCUT2D eigenvalue weighted by Gasteiger charge is 2.49. The Kier molecular flexibility index (Phi) is 6.38. The van der Waals surface area contributed by atoms with Gasteiger partial charge in [0.25, 0.3) is 11.8 Å². The summed E-state index contributed by atoms with van der Waals surface area (Å²) in [6, 6.07) is 7.22. The number of nitrogens with two attached hydrogens (primary N) is 1. The lowest BCUT2D eigenvalue weighted by molar-refractivity contribution is -0.143. The van der Waals surface area contributed by atoms with Crippen LogP contribution < -0.4 is 5.73 Å². The van der Waals surface area contributed by atoms with E-state index < -0.39 is 36.0 Å². The lowest BCUT2D eigenvalue weighted by Gasteiger charge is -2.30. The molecule has 2 aromatic rings. The Morgan fingerprint density at radius 2 is 1.93 bits per heavy atom. The second-order valence-corrected chi connectivity index (χ2v) is 5.88. The zero-order valence-corrected chi connectivity index (χ0v) is 14.6. The first kappa shape index (κ1) is 20.2. The first-order valence-corrected chi connectivity index (χ1v) is 8.24. The minimum absolute atomic E-state index is 0.0324. The topological polar surface area (TPSA) is 106 Å². The molecule has 0 fully saturated rings. The molecule has 1 heterocycles. The number of rotatable bonds is 8. The Labute approximate surface area is 154 Å². The Morgan fingerprint density at radius 1 is 1.26 bits per heavy atom. The van der Waals surface area contributed by atoms with Crippen molar-refractivity contribution in [2.45, 2.75) is 31.6 Å². The summed E-state index contributed by atoms with van der Waals surface area (Å²) in [4.78, 5) is 41.0. The molecule has 0 radical (unpaired) electrons. The first-order chi connectivity index (χ1) is 12.8. The Bertz CT molecular complexity index is 794. The van der Waals surface area contributed by atoms with E-state index >= 15 is 0 Å². The van der Waals surface area contributed by atoms with Crippen LogP contribution in [0.1, 0.15) is 41.9 Å². The molecule has 2 N–H and O–H groups in total. The number of carbonyl (C=O) groups excluding carboxylic acids is 3. The molecule has 1 aromatic carbocycles. The Hall–Kier alpha value is -3.10. The van der Waals surface area contributed by atoms with E-state index in [1.807, 2.05) is 0 Å². The van der Waals surface area contributed by atoms with Gasteiger partial charge in [-0.3, -0.25) is 19.3 Å². The molecule has 3 amide bonds. The number of hydrogen-bond acceptors (Lipinski definition) is 5. The zero-order valence-electron chi connectivity index (χ0n) is 14.6. The highest BCUT2D eigenvalue weighted by atomic mass is 19.3. The smallest absolute Gasteiger partial charge is 0.316 e. The molecular formula is C18H19F2N3O4. The molecule has 0 saturated carbocycles. The normalized spacial score (nSPS) is 12.4. The van der Waals surface area contributed by atoms with E-state index in [4.69, 9.17) is 10.2 Å². The predicted octanol–water partition coefficient (Wildman–Crippen LogP) is 2.35. The van der Waals surface area contributed by atoms with E-state index in [2.05, 4.69) is 4.98 Å². The highest BCUT2D eigenvalue weighted by Crippen LogP contribution is 2.38. The number of carbonyl (C=O) groups is 3. The van der Waals surface area contributed by atoms with Gasteiger partial charge in [0.1, 0.15) is 12.2 Å². The molecule has 0 aliphatic rings. The predicted molar refractivity (Wildman–Crippen MR) is 90.8 cm³/mol. The van der Waals surface area contributed by atoms with Crippen molar-refractivity contribution in [2.75, 3.05) is 6.54 Å². The average molecular weight is 379 g/mol. The molecule has 2 rings (SSSR count). The van der Waals surface area contributed by atoms with Crippen molar-refractivity contribution in [3.05, 3.63) is 54.2 Å². The molecular weight excluding hydrogens is 360 g/mol. The minimum atomic E-state index is -3.78. The minimum Gasteiger partial charge on any atom is -0.441 e. The molecule has 0 saturated heterocycles. The average Bonchev–Trinajstić information content (AvgIpc) is 3.13. The number of imide groups is 1. The van der Waals surface area contributed by atoms with Crippen LogP contribution in [0.15, 0.2) is 47.2 Å². The molecule has 1 atom stereocenters. The van der Waals surface area contributed by atoms with Crippen molar-refractivity contribution in [1.82, 2.24) is 9.88 Å². The Morgan fingerprint density at radius 3 is 2.44 bits per heavy atom. The lowest BCUT2D eigenvalue weighted by atomic mass is 9.88.